The number of ether oxygens (including phenoxy) is 1. The van der Waals surface area contributed by atoms with E-state index in [4.69, 9.17) is 4.74 Å². The normalized spacial score (nSPS) is 11.3. The van der Waals surface area contributed by atoms with Crippen LogP contribution in [0.4, 0.5) is 0 Å². The van der Waals surface area contributed by atoms with Crippen molar-refractivity contribution in [3.05, 3.63) is 52.1 Å². The maximum atomic E-state index is 12.7. The van der Waals surface area contributed by atoms with Gasteiger partial charge in [0.05, 0.1) is 10.9 Å². The van der Waals surface area contributed by atoms with Gasteiger partial charge in [0.15, 0.2) is 0 Å². The van der Waals surface area contributed by atoms with E-state index in [1.807, 2.05) is 44.2 Å². The van der Waals surface area contributed by atoms with Crippen LogP contribution in [0.3, 0.4) is 0 Å². The second kappa shape index (κ2) is 4.72. The van der Waals surface area contributed by atoms with Crippen LogP contribution in [0.25, 0.3) is 21.7 Å². The van der Waals surface area contributed by atoms with Gasteiger partial charge in [-0.05, 0) is 30.7 Å². The van der Waals surface area contributed by atoms with Gasteiger partial charge in [-0.1, -0.05) is 29.8 Å². The molecule has 0 radical (unpaired) electrons. The lowest BCUT2D eigenvalue weighted by Crippen LogP contribution is -2.24. The molecule has 0 N–H and O–H groups in total. The fraction of sp³-hybridized carbons (Fsp3) is 0.250. The Balaban J connectivity index is 2.51. The predicted molar refractivity (Wildman–Crippen MR) is 80.0 cm³/mol. The van der Waals surface area contributed by atoms with E-state index in [2.05, 4.69) is 4.98 Å². The summed E-state index contributed by atoms with van der Waals surface area (Å²) in [6, 6.07) is 10.0. The minimum absolute atomic E-state index is 0.0504. The molecule has 4 nitrogen and oxygen atoms in total. The Morgan fingerprint density at radius 3 is 2.70 bits per heavy atom. The Labute approximate surface area is 116 Å². The van der Waals surface area contributed by atoms with Gasteiger partial charge >= 0.3 is 0 Å². The van der Waals surface area contributed by atoms with Gasteiger partial charge in [-0.15, -0.1) is 0 Å². The third-order valence-electron chi connectivity index (χ3n) is 3.55. The summed E-state index contributed by atoms with van der Waals surface area (Å²) in [7, 11) is 1.57. The summed E-state index contributed by atoms with van der Waals surface area (Å²) in [5.74, 6) is 0.663. The van der Waals surface area contributed by atoms with Crippen molar-refractivity contribution in [2.24, 2.45) is 0 Å². The molecule has 0 atom stereocenters. The molecule has 0 aliphatic rings. The van der Waals surface area contributed by atoms with Crippen molar-refractivity contribution in [3.63, 3.8) is 0 Å². The molecule has 3 aromatic rings. The first-order valence-corrected chi connectivity index (χ1v) is 6.51. The zero-order valence-corrected chi connectivity index (χ0v) is 11.8. The molecule has 0 saturated heterocycles. The maximum Gasteiger partial charge on any atom is 0.263 e. The molecule has 20 heavy (non-hydrogen) atoms. The molecule has 0 saturated carbocycles. The lowest BCUT2D eigenvalue weighted by Gasteiger charge is -2.11. The number of rotatable bonds is 2. The van der Waals surface area contributed by atoms with Gasteiger partial charge in [0, 0.05) is 7.11 Å². The average Bonchev–Trinajstić information content (AvgIpc) is 2.42. The number of methoxy groups -OCH3 is 1. The SMILES string of the molecule is COCn1c(C)nc2ccc3ccc(C)cc3c2c1=O. The van der Waals surface area contributed by atoms with Crippen LogP contribution in [0.15, 0.2) is 35.1 Å². The fourth-order valence-corrected chi connectivity index (χ4v) is 2.54. The Morgan fingerprint density at radius 1 is 1.20 bits per heavy atom. The van der Waals surface area contributed by atoms with Gasteiger partial charge < -0.3 is 4.74 Å². The first kappa shape index (κ1) is 12.8. The van der Waals surface area contributed by atoms with Crippen molar-refractivity contribution < 1.29 is 4.74 Å². The Kier molecular flexibility index (Phi) is 3.03. The lowest BCUT2D eigenvalue weighted by molar-refractivity contribution is 0.126. The molecular weight excluding hydrogens is 252 g/mol. The van der Waals surface area contributed by atoms with Crippen LogP contribution in [0, 0.1) is 13.8 Å². The van der Waals surface area contributed by atoms with Crippen molar-refractivity contribution in [1.82, 2.24) is 9.55 Å². The fourth-order valence-electron chi connectivity index (χ4n) is 2.54. The van der Waals surface area contributed by atoms with Crippen LogP contribution in [0.2, 0.25) is 0 Å². The molecule has 3 rings (SSSR count). The molecule has 1 aromatic heterocycles. The second-order valence-corrected chi connectivity index (χ2v) is 4.99. The molecule has 0 aliphatic carbocycles. The van der Waals surface area contributed by atoms with E-state index in [0.29, 0.717) is 11.2 Å². The minimum Gasteiger partial charge on any atom is -0.364 e. The van der Waals surface area contributed by atoms with Crippen molar-refractivity contribution in [2.45, 2.75) is 20.6 Å². The van der Waals surface area contributed by atoms with Gasteiger partial charge in [-0.2, -0.15) is 0 Å². The summed E-state index contributed by atoms with van der Waals surface area (Å²) in [4.78, 5) is 17.2. The van der Waals surface area contributed by atoms with Crippen LogP contribution < -0.4 is 5.56 Å². The van der Waals surface area contributed by atoms with Crippen LogP contribution >= 0.6 is 0 Å². The third kappa shape index (κ3) is 1.89. The highest BCUT2D eigenvalue weighted by Crippen LogP contribution is 2.23. The predicted octanol–water partition coefficient (Wildman–Crippen LogP) is 2.77. The molecule has 0 amide bonds. The summed E-state index contributed by atoms with van der Waals surface area (Å²) >= 11 is 0. The van der Waals surface area contributed by atoms with E-state index in [1.54, 1.807) is 11.7 Å². The van der Waals surface area contributed by atoms with Gasteiger partial charge in [0.1, 0.15) is 12.6 Å². The molecule has 2 aromatic carbocycles. The highest BCUT2D eigenvalue weighted by molar-refractivity contribution is 6.05. The maximum absolute atomic E-state index is 12.7. The van der Waals surface area contributed by atoms with Crippen LogP contribution in [-0.4, -0.2) is 16.7 Å². The van der Waals surface area contributed by atoms with E-state index in [0.717, 1.165) is 21.9 Å². The Hall–Kier alpha value is -2.20. The number of aromatic nitrogens is 2. The summed E-state index contributed by atoms with van der Waals surface area (Å²) in [5.41, 5.74) is 1.81. The quantitative estimate of drug-likeness (QED) is 0.671. The summed E-state index contributed by atoms with van der Waals surface area (Å²) in [6.07, 6.45) is 0. The van der Waals surface area contributed by atoms with E-state index in [9.17, 15) is 4.79 Å². The van der Waals surface area contributed by atoms with Crippen molar-refractivity contribution in [1.29, 1.82) is 0 Å². The number of aryl methyl sites for hydroxylation is 2. The standard InChI is InChI=1S/C16H16N2O2/c1-10-4-5-12-6-7-14-15(13(12)8-10)16(19)18(9-20-3)11(2)17-14/h4-8H,9H2,1-3H3. The Morgan fingerprint density at radius 2 is 1.95 bits per heavy atom. The molecule has 102 valence electrons. The van der Waals surface area contributed by atoms with E-state index in [-0.39, 0.29) is 12.3 Å². The average molecular weight is 268 g/mol. The van der Waals surface area contributed by atoms with E-state index in [1.165, 1.54) is 0 Å². The summed E-state index contributed by atoms with van der Waals surface area (Å²) < 4.78 is 6.66. The number of hydrogen-bond acceptors (Lipinski definition) is 3. The van der Waals surface area contributed by atoms with Gasteiger partial charge in [0.25, 0.3) is 5.56 Å². The highest BCUT2D eigenvalue weighted by Gasteiger charge is 2.11. The van der Waals surface area contributed by atoms with Crippen molar-refractivity contribution >= 4 is 21.7 Å². The van der Waals surface area contributed by atoms with Gasteiger partial charge in [-0.25, -0.2) is 4.98 Å². The monoisotopic (exact) mass is 268 g/mol. The molecule has 0 spiro atoms. The number of benzene rings is 2. The zero-order valence-electron chi connectivity index (χ0n) is 11.8. The van der Waals surface area contributed by atoms with Gasteiger partial charge in [0.2, 0.25) is 0 Å². The van der Waals surface area contributed by atoms with Crippen LogP contribution in [0.1, 0.15) is 11.4 Å². The van der Waals surface area contributed by atoms with Crippen LogP contribution in [-0.2, 0) is 11.5 Å². The largest absolute Gasteiger partial charge is 0.364 e. The molecule has 0 unspecified atom stereocenters. The molecule has 0 aliphatic heterocycles. The molecule has 4 heteroatoms. The number of hydrogen-bond donors (Lipinski definition) is 0. The topological polar surface area (TPSA) is 44.1 Å². The van der Waals surface area contributed by atoms with Gasteiger partial charge in [-0.3, -0.25) is 9.36 Å². The summed E-state index contributed by atoms with van der Waals surface area (Å²) in [6.45, 7) is 4.06. The molecular formula is C16H16N2O2. The number of fused-ring (bicyclic) bond motifs is 3. The molecule has 1 heterocycles. The van der Waals surface area contributed by atoms with E-state index >= 15 is 0 Å². The third-order valence-corrected chi connectivity index (χ3v) is 3.55. The Bertz CT molecular complexity index is 866. The van der Waals surface area contributed by atoms with Crippen molar-refractivity contribution in [3.8, 4) is 0 Å². The molecule has 0 bridgehead atoms. The number of nitrogens with zero attached hydrogens (tertiary/aromatic N) is 2. The highest BCUT2D eigenvalue weighted by atomic mass is 16.5. The lowest BCUT2D eigenvalue weighted by atomic mass is 10.0. The smallest absolute Gasteiger partial charge is 0.263 e. The van der Waals surface area contributed by atoms with Crippen LogP contribution in [0.5, 0.6) is 0 Å². The first-order chi connectivity index (χ1) is 9.61. The first-order valence-electron chi connectivity index (χ1n) is 6.51. The summed E-state index contributed by atoms with van der Waals surface area (Å²) in [5, 5.41) is 2.66. The molecule has 0 fully saturated rings. The zero-order chi connectivity index (χ0) is 14.3. The van der Waals surface area contributed by atoms with Crippen molar-refractivity contribution in [2.75, 3.05) is 7.11 Å². The second-order valence-electron chi connectivity index (χ2n) is 4.99. The van der Waals surface area contributed by atoms with E-state index < -0.39 is 0 Å². The minimum atomic E-state index is -0.0504.